The summed E-state index contributed by atoms with van der Waals surface area (Å²) >= 11 is 1.27. The molecule has 21 heteroatoms. The Bertz CT molecular complexity index is 3260. The number of benzene rings is 2. The van der Waals surface area contributed by atoms with Gasteiger partial charge in [0.1, 0.15) is 41.3 Å². The summed E-state index contributed by atoms with van der Waals surface area (Å²) in [5, 5.41) is 76.9. The van der Waals surface area contributed by atoms with Gasteiger partial charge in [-0.25, -0.2) is 0 Å². The molecule has 18 atom stereocenters. The van der Waals surface area contributed by atoms with Gasteiger partial charge in [-0.05, 0) is 82.6 Å². The van der Waals surface area contributed by atoms with E-state index >= 15 is 0 Å². The summed E-state index contributed by atoms with van der Waals surface area (Å²) in [5.74, 6) is -11.6. The average Bonchev–Trinajstić information content (AvgIpc) is 1.39. The third kappa shape index (κ3) is 13.2. The molecule has 3 aliphatic heterocycles. The predicted octanol–water partition coefficient (Wildman–Crippen LogP) is 9.73. The number of hydrogen-bond donors (Lipinski definition) is 8. The number of ether oxygens (including phenoxy) is 5. The van der Waals surface area contributed by atoms with Crippen LogP contribution in [0.2, 0.25) is 0 Å². The minimum Gasteiger partial charge on any atom is -0.507 e. The van der Waals surface area contributed by atoms with Gasteiger partial charge in [0.2, 0.25) is 5.91 Å². The summed E-state index contributed by atoms with van der Waals surface area (Å²) < 4.78 is 29.6. The number of aliphatic hydroxyl groups is 3. The highest BCUT2D eigenvalue weighted by atomic mass is 32.2. The number of thioether (sulfide) groups is 1. The van der Waals surface area contributed by atoms with Crippen LogP contribution < -0.4 is 15.4 Å². The Morgan fingerprint density at radius 3 is 2.21 bits per heavy atom. The first-order chi connectivity index (χ1) is 41.9. The lowest BCUT2D eigenvalue weighted by molar-refractivity contribution is -0.205. The van der Waals surface area contributed by atoms with Crippen LogP contribution >= 0.6 is 11.8 Å². The fraction of sp³-hybridized carbons (Fsp3) is 0.638. The molecule has 20 nitrogen and oxygen atoms in total. The number of amides is 2. The van der Waals surface area contributed by atoms with Crippen LogP contribution in [0.4, 0.5) is 5.69 Å². The largest absolute Gasteiger partial charge is 0.507 e. The van der Waals surface area contributed by atoms with E-state index in [1.807, 2.05) is 20.8 Å². The van der Waals surface area contributed by atoms with Crippen LogP contribution in [-0.4, -0.2) is 145 Å². The minimum absolute atomic E-state index is 0.0328. The average molecular weight is 1270 g/mol. The molecule has 8 rings (SSSR count). The van der Waals surface area contributed by atoms with Gasteiger partial charge < -0.3 is 65.0 Å². The number of fused-ring (bicyclic) bond motifs is 14. The number of carbonyl (C=O) groups is 6. The maximum atomic E-state index is 14.9. The van der Waals surface area contributed by atoms with Crippen LogP contribution in [-0.2, 0) is 42.9 Å². The Morgan fingerprint density at radius 2 is 1.59 bits per heavy atom. The van der Waals surface area contributed by atoms with Gasteiger partial charge in [0.15, 0.2) is 5.75 Å². The Morgan fingerprint density at radius 1 is 0.922 bits per heavy atom. The first kappa shape index (κ1) is 71.2. The van der Waals surface area contributed by atoms with E-state index in [1.165, 1.54) is 64.8 Å². The molecular formula is C69H97N3O17S. The summed E-state index contributed by atoms with van der Waals surface area (Å²) in [4.78, 5) is 88.8. The fourth-order valence-corrected chi connectivity index (χ4v) is 15.7. The highest BCUT2D eigenvalue weighted by molar-refractivity contribution is 8.01. The predicted molar refractivity (Wildman–Crippen MR) is 344 cm³/mol. The Kier molecular flexibility index (Phi) is 21.5. The maximum absolute atomic E-state index is 14.9. The Labute approximate surface area is 533 Å². The summed E-state index contributed by atoms with van der Waals surface area (Å²) in [6, 6.07) is -1.18. The molecule has 8 N–H and O–H groups in total. The molecule has 3 fully saturated rings. The van der Waals surface area contributed by atoms with Crippen LogP contribution in [0.25, 0.3) is 10.8 Å². The number of aliphatic imine (C=N–C) groups is 1. The number of anilines is 1. The first-order valence-electron chi connectivity index (χ1n) is 31.5. The summed E-state index contributed by atoms with van der Waals surface area (Å²) in [7, 11) is 1.41. The number of aliphatic hydroxyl groups excluding tert-OH is 3. The number of aromatic hydroxyl groups is 3. The number of esters is 2. The Hall–Kier alpha value is -6.26. The number of nitrogens with one attached hydrogen (secondary N) is 2. The van der Waals surface area contributed by atoms with Gasteiger partial charge in [-0.2, -0.15) is 0 Å². The standard InChI is InChI=1S/C69H97N3O17S/c1-19-66(15)29-46(67(16)36(6)23-26-69(41(11)61(66)81)27-24-44(74)60(67)69)88-47(75)31-90-65(13,14)32-71-64(84)51(33(2)3)70-30-43-52-57(80)49-48(56(43)79)50-59(40(10)55(49)78)89-68(17,62(50)82)86-28-25-45(85-18)37(7)58(87-42(12)73)39(9)54(77)38(8)53(76)34(4)21-20-22-35(5)63(83)72-52/h19-22,25,28,30,33-34,36-39,41,45-46,51,53-54,58,60-61,76-81H,1,23-24,26-27,29,31-32H2,2-18H3,(H,71,84)(H,72,83)/b21-20+,28-25+,35-22-,70-30?/t34-,36?,37+,38+,39+,41?,45-,46?,51?,53-,54+,58+,60?,61?,66?,67?,68-,69?/m0/s1. The number of phenolic OH excluding ortho intramolecular Hbond substituents is 3. The van der Waals surface area contributed by atoms with Crippen molar-refractivity contribution in [3.63, 3.8) is 0 Å². The molecule has 2 aromatic carbocycles. The monoisotopic (exact) mass is 1270 g/mol. The maximum Gasteiger partial charge on any atom is 0.316 e. The smallest absolute Gasteiger partial charge is 0.316 e. The lowest BCUT2D eigenvalue weighted by atomic mass is 9.44. The van der Waals surface area contributed by atoms with Crippen molar-refractivity contribution in [2.45, 2.75) is 196 Å². The molecular weight excluding hydrogens is 1170 g/mol. The van der Waals surface area contributed by atoms with Gasteiger partial charge in [-0.1, -0.05) is 93.5 Å². The number of phenols is 3. The van der Waals surface area contributed by atoms with Crippen LogP contribution in [0.1, 0.15) is 157 Å². The molecule has 0 aromatic heterocycles. The lowest BCUT2D eigenvalue weighted by Gasteiger charge is -2.61. The molecule has 7 bridgehead atoms. The van der Waals surface area contributed by atoms with E-state index in [-0.39, 0.29) is 75.7 Å². The third-order valence-corrected chi connectivity index (χ3v) is 22.4. The van der Waals surface area contributed by atoms with E-state index in [2.05, 4.69) is 43.0 Å². The normalized spacial score (nSPS) is 35.9. The lowest BCUT2D eigenvalue weighted by Crippen LogP contribution is -2.63. The van der Waals surface area contributed by atoms with E-state index in [0.29, 0.717) is 12.8 Å². The number of carbonyl (C=O) groups excluding carboxylic acids is 6. The molecule has 3 saturated carbocycles. The highest BCUT2D eigenvalue weighted by Crippen LogP contribution is 2.68. The van der Waals surface area contributed by atoms with E-state index in [1.54, 1.807) is 53.7 Å². The summed E-state index contributed by atoms with van der Waals surface area (Å²) in [6.45, 7) is 31.8. The summed E-state index contributed by atoms with van der Waals surface area (Å²) in [5.41, 5.74) is -3.00. The molecule has 2 aromatic rings. The second-order valence-electron chi connectivity index (χ2n) is 27.9. The first-order valence-corrected chi connectivity index (χ1v) is 32.4. The number of allylic oxidation sites excluding steroid dienone is 2. The quantitative estimate of drug-likeness (QED) is 0.0304. The molecule has 0 saturated heterocycles. The SMILES string of the molecule is C=CC1(C)CC(OC(=O)CSC(C)(C)CNC(=O)C(N=Cc2c3c(O)c4c(O)c(C)c5c(c4c2O)C(=O)[C@@](C)(O/C=C/[C@H](OC)[C@@H](C)[C@@H](OC(C)=O)[C@H](C)[C@H](O)[C@H](C)[C@@H](O)[C@@H](C)/C=C/C=C(/C)C(=O)N3)O5)C(C)C)C2(C)C(C)CCC3(CCC(=O)C32)C(C)C1O. The highest BCUT2D eigenvalue weighted by Gasteiger charge is 2.68. The van der Waals surface area contributed by atoms with Crippen molar-refractivity contribution < 1.29 is 83.1 Å². The molecule has 0 spiro atoms. The van der Waals surface area contributed by atoms with Crippen molar-refractivity contribution in [3.05, 3.63) is 65.5 Å². The second-order valence-corrected chi connectivity index (χ2v) is 29.6. The third-order valence-electron chi connectivity index (χ3n) is 21.1. The van der Waals surface area contributed by atoms with Gasteiger partial charge in [0, 0.05) is 102 Å². The number of methoxy groups -OCH3 is 1. The minimum atomic E-state index is -2.17. The number of hydrogen-bond acceptors (Lipinski definition) is 19. The molecule has 9 unspecified atom stereocenters. The topological polar surface area (TPSA) is 306 Å². The van der Waals surface area contributed by atoms with Crippen molar-refractivity contribution in [2.24, 2.45) is 68.6 Å². The van der Waals surface area contributed by atoms with Gasteiger partial charge in [-0.15, -0.1) is 18.3 Å². The Balaban J connectivity index is 1.21. The van der Waals surface area contributed by atoms with Gasteiger partial charge in [-0.3, -0.25) is 33.8 Å². The van der Waals surface area contributed by atoms with Gasteiger partial charge in [0.25, 0.3) is 11.7 Å². The van der Waals surface area contributed by atoms with Crippen molar-refractivity contribution in [1.29, 1.82) is 0 Å². The van der Waals surface area contributed by atoms with Crippen LogP contribution in [0.3, 0.4) is 0 Å². The number of nitrogens with zero attached hydrogens (tertiary/aromatic N) is 1. The molecule has 2 amide bonds. The molecule has 3 aliphatic carbocycles. The molecule has 496 valence electrons. The second kappa shape index (κ2) is 27.1. The molecule has 90 heavy (non-hydrogen) atoms. The number of ketones is 2. The zero-order valence-corrected chi connectivity index (χ0v) is 56.2. The zero-order chi connectivity index (χ0) is 67.2. The van der Waals surface area contributed by atoms with Crippen molar-refractivity contribution in [1.82, 2.24) is 5.32 Å². The van der Waals surface area contributed by atoms with E-state index in [9.17, 15) is 59.4 Å². The fourth-order valence-electron chi connectivity index (χ4n) is 15.0. The van der Waals surface area contributed by atoms with E-state index < -0.39 is 157 Å². The zero-order valence-electron chi connectivity index (χ0n) is 55.4. The van der Waals surface area contributed by atoms with Crippen molar-refractivity contribution >= 4 is 69.8 Å². The molecule has 0 radical (unpaired) electrons. The van der Waals surface area contributed by atoms with Crippen LogP contribution in [0.15, 0.2) is 53.8 Å². The van der Waals surface area contributed by atoms with Gasteiger partial charge in [0.05, 0.1) is 58.6 Å². The van der Waals surface area contributed by atoms with Crippen molar-refractivity contribution in [2.75, 3.05) is 24.7 Å². The summed E-state index contributed by atoms with van der Waals surface area (Å²) in [6.07, 6.45) is 7.42. The van der Waals surface area contributed by atoms with E-state index in [0.717, 1.165) is 25.3 Å². The number of Topliss-reactive ketones (excluding diaryl/α,β-unsaturated/α-hetero) is 2. The van der Waals surface area contributed by atoms with Crippen molar-refractivity contribution in [3.8, 4) is 23.0 Å². The van der Waals surface area contributed by atoms with Crippen LogP contribution in [0.5, 0.6) is 23.0 Å². The van der Waals surface area contributed by atoms with E-state index in [4.69, 9.17) is 23.7 Å². The van der Waals surface area contributed by atoms with Crippen LogP contribution in [0, 0.1) is 70.5 Å². The molecule has 6 aliphatic rings. The number of rotatable bonds is 13. The molecule has 3 heterocycles. The van der Waals surface area contributed by atoms with Gasteiger partial charge >= 0.3 is 17.7 Å².